The molecule has 0 fully saturated rings. The number of carbonyl (C=O) groups is 1. The standard InChI is InChI=1S/C23H16ClF2N3O/c24-16-9-7-14(8-10-16)21(29-22-18(25)4-2-5-19(22)26)23(30)28-20-6-1-3-15-13-27-12-11-17(15)20/h1-13,21,29H,(H,28,30). The molecule has 1 amide bonds. The summed E-state index contributed by atoms with van der Waals surface area (Å²) >= 11 is 5.95. The molecule has 0 bridgehead atoms. The highest BCUT2D eigenvalue weighted by Gasteiger charge is 2.24. The van der Waals surface area contributed by atoms with Crippen molar-refractivity contribution < 1.29 is 13.6 Å². The van der Waals surface area contributed by atoms with Crippen LogP contribution in [0.15, 0.2) is 79.1 Å². The fourth-order valence-corrected chi connectivity index (χ4v) is 3.30. The van der Waals surface area contributed by atoms with Gasteiger partial charge < -0.3 is 10.6 Å². The monoisotopic (exact) mass is 423 g/mol. The Morgan fingerprint density at radius 2 is 1.63 bits per heavy atom. The van der Waals surface area contributed by atoms with Gasteiger partial charge in [-0.05, 0) is 42.0 Å². The first-order chi connectivity index (χ1) is 14.5. The van der Waals surface area contributed by atoms with Gasteiger partial charge in [0.15, 0.2) is 0 Å². The normalized spacial score (nSPS) is 11.8. The molecule has 1 atom stereocenters. The Morgan fingerprint density at radius 1 is 0.933 bits per heavy atom. The molecule has 1 heterocycles. The number of nitrogens with zero attached hydrogens (tertiary/aromatic N) is 1. The number of pyridine rings is 1. The summed E-state index contributed by atoms with van der Waals surface area (Å²) in [5, 5.41) is 7.69. The van der Waals surface area contributed by atoms with Crippen LogP contribution in [0.4, 0.5) is 20.2 Å². The molecule has 4 nitrogen and oxygen atoms in total. The zero-order valence-electron chi connectivity index (χ0n) is 15.6. The highest BCUT2D eigenvalue weighted by Crippen LogP contribution is 2.28. The number of aromatic nitrogens is 1. The van der Waals surface area contributed by atoms with E-state index < -0.39 is 23.6 Å². The Bertz CT molecular complexity index is 1190. The molecule has 7 heteroatoms. The average Bonchev–Trinajstić information content (AvgIpc) is 2.75. The van der Waals surface area contributed by atoms with Gasteiger partial charge in [-0.1, -0.05) is 41.9 Å². The minimum atomic E-state index is -1.06. The SMILES string of the molecule is O=C(Nc1cccc2cnccc12)C(Nc1c(F)cccc1F)c1ccc(Cl)cc1. The van der Waals surface area contributed by atoms with Gasteiger partial charge in [-0.15, -0.1) is 0 Å². The molecular weight excluding hydrogens is 408 g/mol. The molecule has 0 spiro atoms. The van der Waals surface area contributed by atoms with E-state index in [9.17, 15) is 13.6 Å². The molecule has 4 aromatic rings. The zero-order valence-corrected chi connectivity index (χ0v) is 16.3. The van der Waals surface area contributed by atoms with Crippen LogP contribution in [-0.2, 0) is 4.79 Å². The lowest BCUT2D eigenvalue weighted by atomic mass is 10.0. The molecule has 0 radical (unpaired) electrons. The minimum Gasteiger partial charge on any atom is -0.365 e. The van der Waals surface area contributed by atoms with Crippen molar-refractivity contribution in [3.05, 3.63) is 101 Å². The van der Waals surface area contributed by atoms with E-state index >= 15 is 0 Å². The highest BCUT2D eigenvalue weighted by molar-refractivity contribution is 6.30. The molecule has 150 valence electrons. The largest absolute Gasteiger partial charge is 0.365 e. The van der Waals surface area contributed by atoms with Crippen molar-refractivity contribution in [1.29, 1.82) is 0 Å². The van der Waals surface area contributed by atoms with E-state index in [0.29, 0.717) is 16.3 Å². The van der Waals surface area contributed by atoms with E-state index in [1.165, 1.54) is 6.07 Å². The summed E-state index contributed by atoms with van der Waals surface area (Å²) in [6.07, 6.45) is 3.32. The topological polar surface area (TPSA) is 54.0 Å². The molecule has 0 aliphatic carbocycles. The van der Waals surface area contributed by atoms with Crippen LogP contribution in [0.2, 0.25) is 5.02 Å². The van der Waals surface area contributed by atoms with Crippen molar-refractivity contribution in [3.8, 4) is 0 Å². The summed E-state index contributed by atoms with van der Waals surface area (Å²) in [7, 11) is 0. The van der Waals surface area contributed by atoms with Crippen LogP contribution < -0.4 is 10.6 Å². The van der Waals surface area contributed by atoms with Gasteiger partial charge in [0.2, 0.25) is 0 Å². The number of hydrogen-bond acceptors (Lipinski definition) is 3. The number of nitrogens with one attached hydrogen (secondary N) is 2. The van der Waals surface area contributed by atoms with Crippen molar-refractivity contribution in [2.75, 3.05) is 10.6 Å². The van der Waals surface area contributed by atoms with Crippen molar-refractivity contribution in [2.24, 2.45) is 0 Å². The van der Waals surface area contributed by atoms with Crippen LogP contribution >= 0.6 is 11.6 Å². The Hall–Kier alpha value is -3.51. The summed E-state index contributed by atoms with van der Waals surface area (Å²) < 4.78 is 28.5. The van der Waals surface area contributed by atoms with Crippen molar-refractivity contribution in [2.45, 2.75) is 6.04 Å². The molecule has 0 saturated carbocycles. The van der Waals surface area contributed by atoms with Gasteiger partial charge in [-0.3, -0.25) is 9.78 Å². The lowest BCUT2D eigenvalue weighted by Gasteiger charge is -2.21. The van der Waals surface area contributed by atoms with Crippen LogP contribution in [0.3, 0.4) is 0 Å². The molecule has 0 saturated heterocycles. The van der Waals surface area contributed by atoms with Crippen LogP contribution in [0.5, 0.6) is 0 Å². The van der Waals surface area contributed by atoms with Crippen LogP contribution in [0.1, 0.15) is 11.6 Å². The Balaban J connectivity index is 1.71. The summed E-state index contributed by atoms with van der Waals surface area (Å²) in [5.41, 5.74) is 0.686. The Labute approximate surface area is 176 Å². The molecule has 1 unspecified atom stereocenters. The number of carbonyl (C=O) groups excluding carboxylic acids is 1. The van der Waals surface area contributed by atoms with Gasteiger partial charge in [0.05, 0.1) is 0 Å². The molecule has 2 N–H and O–H groups in total. The van der Waals surface area contributed by atoms with Crippen molar-refractivity contribution >= 4 is 39.7 Å². The number of fused-ring (bicyclic) bond motifs is 1. The van der Waals surface area contributed by atoms with E-state index in [0.717, 1.165) is 22.9 Å². The summed E-state index contributed by atoms with van der Waals surface area (Å²) in [5.74, 6) is -2.07. The van der Waals surface area contributed by atoms with Crippen LogP contribution in [0.25, 0.3) is 10.8 Å². The van der Waals surface area contributed by atoms with E-state index in [1.807, 2.05) is 6.07 Å². The van der Waals surface area contributed by atoms with Gasteiger partial charge in [-0.2, -0.15) is 0 Å². The molecule has 30 heavy (non-hydrogen) atoms. The van der Waals surface area contributed by atoms with Crippen molar-refractivity contribution in [1.82, 2.24) is 4.98 Å². The number of benzene rings is 3. The van der Waals surface area contributed by atoms with E-state index in [1.54, 1.807) is 54.9 Å². The predicted molar refractivity (Wildman–Crippen MR) is 115 cm³/mol. The Kier molecular flexibility index (Phi) is 5.59. The van der Waals surface area contributed by atoms with Gasteiger partial charge in [-0.25, -0.2) is 8.78 Å². The molecule has 3 aromatic carbocycles. The maximum atomic E-state index is 14.2. The van der Waals surface area contributed by atoms with E-state index in [-0.39, 0.29) is 5.69 Å². The van der Waals surface area contributed by atoms with Gasteiger partial charge in [0.25, 0.3) is 5.91 Å². The third-order valence-corrected chi connectivity index (χ3v) is 4.91. The maximum absolute atomic E-state index is 14.2. The molecule has 0 aliphatic rings. The van der Waals surface area contributed by atoms with E-state index in [2.05, 4.69) is 15.6 Å². The fraction of sp³-hybridized carbons (Fsp3) is 0.0435. The molecule has 1 aromatic heterocycles. The number of para-hydroxylation sites is 1. The first kappa shape index (κ1) is 19.8. The quantitative estimate of drug-likeness (QED) is 0.416. The van der Waals surface area contributed by atoms with Crippen LogP contribution in [0, 0.1) is 11.6 Å². The molecule has 4 rings (SSSR count). The summed E-state index contributed by atoms with van der Waals surface area (Å²) in [6.45, 7) is 0. The van der Waals surface area contributed by atoms with Gasteiger partial charge in [0, 0.05) is 33.9 Å². The number of halogens is 3. The first-order valence-electron chi connectivity index (χ1n) is 9.12. The second-order valence-electron chi connectivity index (χ2n) is 6.62. The fourth-order valence-electron chi connectivity index (χ4n) is 3.17. The van der Waals surface area contributed by atoms with Gasteiger partial charge >= 0.3 is 0 Å². The predicted octanol–water partition coefficient (Wildman–Crippen LogP) is 5.96. The average molecular weight is 424 g/mol. The zero-order chi connectivity index (χ0) is 21.1. The third kappa shape index (κ3) is 4.09. The lowest BCUT2D eigenvalue weighted by molar-refractivity contribution is -0.117. The van der Waals surface area contributed by atoms with Crippen LogP contribution in [-0.4, -0.2) is 10.9 Å². The summed E-state index contributed by atoms with van der Waals surface area (Å²) in [4.78, 5) is 17.3. The molecule has 0 aliphatic heterocycles. The van der Waals surface area contributed by atoms with Crippen molar-refractivity contribution in [3.63, 3.8) is 0 Å². The smallest absolute Gasteiger partial charge is 0.251 e. The number of hydrogen-bond donors (Lipinski definition) is 2. The highest BCUT2D eigenvalue weighted by atomic mass is 35.5. The number of anilines is 2. The summed E-state index contributed by atoms with van der Waals surface area (Å²) in [6, 6.07) is 16.1. The molecular formula is C23H16ClF2N3O. The third-order valence-electron chi connectivity index (χ3n) is 4.66. The maximum Gasteiger partial charge on any atom is 0.251 e. The second kappa shape index (κ2) is 8.47. The number of amides is 1. The second-order valence-corrected chi connectivity index (χ2v) is 7.05. The van der Waals surface area contributed by atoms with E-state index in [4.69, 9.17) is 11.6 Å². The lowest BCUT2D eigenvalue weighted by Crippen LogP contribution is -2.28. The minimum absolute atomic E-state index is 0.380. The first-order valence-corrected chi connectivity index (χ1v) is 9.50. The number of rotatable bonds is 5. The Morgan fingerprint density at radius 3 is 2.37 bits per heavy atom. The van der Waals surface area contributed by atoms with Gasteiger partial charge in [0.1, 0.15) is 23.4 Å².